The first-order chi connectivity index (χ1) is 23.8. The van der Waals surface area contributed by atoms with Gasteiger partial charge in [-0.05, 0) is 92.5 Å². The standard InChI is InChI=1S/C43H49F3N4O2/c1-39(2,3)32-19-26(20-33(37(32)51)40(4,5)6)24-47-49-30-16-13-28(14-17-30)29-15-18-36(31(23-29)43(44,45)46)50-48-25-27-21-34(41(7,8)9)38(52)35(22-27)42(10,11)12/h13-25H,1-12H3. The highest BCUT2D eigenvalue weighted by molar-refractivity contribution is 6.12. The van der Waals surface area contributed by atoms with E-state index in [0.717, 1.165) is 11.6 Å². The van der Waals surface area contributed by atoms with Gasteiger partial charge < -0.3 is 0 Å². The number of allylic oxidation sites excluding steroid dienone is 10. The largest absolute Gasteiger partial charge is 0.418 e. The summed E-state index contributed by atoms with van der Waals surface area (Å²) in [4.78, 5) is 26.4. The number of benzene rings is 2. The number of hydrogen-bond acceptors (Lipinski definition) is 6. The molecule has 0 bridgehead atoms. The maximum atomic E-state index is 14.3. The molecule has 0 heterocycles. The average molecular weight is 711 g/mol. The van der Waals surface area contributed by atoms with Crippen molar-refractivity contribution < 1.29 is 22.8 Å². The zero-order valence-corrected chi connectivity index (χ0v) is 32.2. The SMILES string of the molecule is CC(C)(C)C1=CC(=CN=Nc2ccc(-c3ccc(N=NC=C4C=C(C(C)(C)C)C(=O)C(C(C)(C)C)=C4)c(C(F)(F)F)c3)cc2)C=C(C(C)(C)C)C1=O. The predicted molar refractivity (Wildman–Crippen MR) is 202 cm³/mol. The first-order valence-corrected chi connectivity index (χ1v) is 17.3. The summed E-state index contributed by atoms with van der Waals surface area (Å²) in [6.07, 6.45) is 5.44. The summed E-state index contributed by atoms with van der Waals surface area (Å²) in [5, 5.41) is 16.5. The monoisotopic (exact) mass is 710 g/mol. The number of Topliss-reactive ketones (excluding diaryl/α,β-unsaturated/α-hetero) is 2. The van der Waals surface area contributed by atoms with E-state index in [1.54, 1.807) is 48.7 Å². The summed E-state index contributed by atoms with van der Waals surface area (Å²) < 4.78 is 42.8. The van der Waals surface area contributed by atoms with Crippen LogP contribution in [0.2, 0.25) is 0 Å². The Morgan fingerprint density at radius 2 is 0.865 bits per heavy atom. The molecule has 6 nitrogen and oxygen atoms in total. The van der Waals surface area contributed by atoms with Gasteiger partial charge in [0.15, 0.2) is 11.6 Å². The van der Waals surface area contributed by atoms with E-state index in [2.05, 4.69) is 20.5 Å². The Bertz CT molecular complexity index is 1930. The van der Waals surface area contributed by atoms with Gasteiger partial charge in [0, 0.05) is 22.3 Å². The topological polar surface area (TPSA) is 83.6 Å². The third kappa shape index (κ3) is 9.55. The third-order valence-electron chi connectivity index (χ3n) is 8.71. The Kier molecular flexibility index (Phi) is 11.0. The molecule has 0 N–H and O–H groups in total. The van der Waals surface area contributed by atoms with E-state index in [-0.39, 0.29) is 28.1 Å². The quantitative estimate of drug-likeness (QED) is 0.289. The summed E-state index contributed by atoms with van der Waals surface area (Å²) in [5.74, 6) is -0.0147. The summed E-state index contributed by atoms with van der Waals surface area (Å²) in [5.41, 5.74) is 2.56. The minimum Gasteiger partial charge on any atom is -0.289 e. The Morgan fingerprint density at radius 3 is 1.23 bits per heavy atom. The first kappa shape index (κ1) is 40.0. The van der Waals surface area contributed by atoms with Crippen LogP contribution in [0.5, 0.6) is 0 Å². The van der Waals surface area contributed by atoms with E-state index in [0.29, 0.717) is 44.7 Å². The molecule has 0 amide bonds. The van der Waals surface area contributed by atoms with Gasteiger partial charge in [0.2, 0.25) is 0 Å². The molecule has 274 valence electrons. The van der Waals surface area contributed by atoms with Gasteiger partial charge in [-0.15, -0.1) is 0 Å². The van der Waals surface area contributed by atoms with Crippen molar-refractivity contribution in [3.05, 3.63) is 118 Å². The fourth-order valence-electron chi connectivity index (χ4n) is 5.75. The van der Waals surface area contributed by atoms with Crippen LogP contribution in [0.15, 0.2) is 133 Å². The van der Waals surface area contributed by atoms with Gasteiger partial charge in [-0.25, -0.2) is 0 Å². The molecule has 2 aromatic rings. The van der Waals surface area contributed by atoms with Crippen LogP contribution >= 0.6 is 0 Å². The van der Waals surface area contributed by atoms with Gasteiger partial charge in [-0.2, -0.15) is 33.6 Å². The second-order valence-corrected chi connectivity index (χ2v) is 17.4. The fraction of sp³-hybridized carbons (Fsp3) is 0.395. The highest BCUT2D eigenvalue weighted by Gasteiger charge is 2.36. The first-order valence-electron chi connectivity index (χ1n) is 17.3. The van der Waals surface area contributed by atoms with Gasteiger partial charge in [0.1, 0.15) is 0 Å². The number of halogens is 3. The molecule has 0 radical (unpaired) electrons. The highest BCUT2D eigenvalue weighted by Crippen LogP contribution is 2.42. The molecule has 0 aromatic heterocycles. The Labute approximate surface area is 305 Å². The molecule has 0 aliphatic heterocycles. The fourth-order valence-corrected chi connectivity index (χ4v) is 5.75. The molecule has 0 atom stereocenters. The van der Waals surface area contributed by atoms with Crippen LogP contribution in [-0.2, 0) is 15.8 Å². The van der Waals surface area contributed by atoms with E-state index in [1.165, 1.54) is 12.3 Å². The van der Waals surface area contributed by atoms with Crippen molar-refractivity contribution >= 4 is 22.9 Å². The maximum absolute atomic E-state index is 14.3. The van der Waals surface area contributed by atoms with Crippen LogP contribution in [0.25, 0.3) is 11.1 Å². The molecule has 0 saturated heterocycles. The molecule has 0 unspecified atom stereocenters. The number of nitrogens with zero attached hydrogens (tertiary/aromatic N) is 4. The van der Waals surface area contributed by atoms with Crippen molar-refractivity contribution in [1.29, 1.82) is 0 Å². The molecule has 0 spiro atoms. The lowest BCUT2D eigenvalue weighted by atomic mass is 9.72. The van der Waals surface area contributed by atoms with Gasteiger partial charge in [-0.1, -0.05) is 101 Å². The summed E-state index contributed by atoms with van der Waals surface area (Å²) in [6.45, 7) is 23.6. The molecule has 2 aromatic carbocycles. The van der Waals surface area contributed by atoms with E-state index in [9.17, 15) is 22.8 Å². The molecule has 0 saturated carbocycles. The van der Waals surface area contributed by atoms with E-state index in [4.69, 9.17) is 0 Å². The lowest BCUT2D eigenvalue weighted by Gasteiger charge is -2.31. The normalized spacial score (nSPS) is 16.7. The molecular weight excluding hydrogens is 661 g/mol. The van der Waals surface area contributed by atoms with Crippen LogP contribution in [0.3, 0.4) is 0 Å². The minimum atomic E-state index is -4.68. The van der Waals surface area contributed by atoms with Gasteiger partial charge in [0.05, 0.1) is 29.3 Å². The van der Waals surface area contributed by atoms with E-state index in [1.807, 2.05) is 95.2 Å². The summed E-state index contributed by atoms with van der Waals surface area (Å²) in [6, 6.07) is 10.6. The number of carbonyl (C=O) groups excluding carboxylic acids is 2. The minimum absolute atomic E-state index is 0.0317. The maximum Gasteiger partial charge on any atom is 0.418 e. The number of carbonyl (C=O) groups is 2. The summed E-state index contributed by atoms with van der Waals surface area (Å²) >= 11 is 0. The van der Waals surface area contributed by atoms with Crippen molar-refractivity contribution in [1.82, 2.24) is 0 Å². The van der Waals surface area contributed by atoms with Crippen LogP contribution in [0, 0.1) is 21.7 Å². The molecule has 4 rings (SSSR count). The van der Waals surface area contributed by atoms with Crippen molar-refractivity contribution in [2.24, 2.45) is 42.1 Å². The number of alkyl halides is 3. The predicted octanol–water partition coefficient (Wildman–Crippen LogP) is 13.4. The molecule has 2 aliphatic carbocycles. The van der Waals surface area contributed by atoms with Gasteiger partial charge >= 0.3 is 6.18 Å². The average Bonchev–Trinajstić information content (AvgIpc) is 3.00. The Morgan fingerprint density at radius 1 is 0.500 bits per heavy atom. The lowest BCUT2D eigenvalue weighted by molar-refractivity contribution is -0.137. The number of rotatable bonds is 5. The molecule has 52 heavy (non-hydrogen) atoms. The molecule has 0 fully saturated rings. The summed E-state index contributed by atoms with van der Waals surface area (Å²) in [7, 11) is 0. The zero-order chi connectivity index (χ0) is 39.0. The number of azo groups is 2. The second-order valence-electron chi connectivity index (χ2n) is 17.4. The van der Waals surface area contributed by atoms with Crippen LogP contribution in [-0.4, -0.2) is 11.6 Å². The van der Waals surface area contributed by atoms with Gasteiger partial charge in [0.25, 0.3) is 0 Å². The van der Waals surface area contributed by atoms with E-state index >= 15 is 0 Å². The second kappa shape index (κ2) is 14.3. The van der Waals surface area contributed by atoms with Crippen molar-refractivity contribution in [2.45, 2.75) is 89.3 Å². The van der Waals surface area contributed by atoms with Gasteiger partial charge in [-0.3, -0.25) is 9.59 Å². The third-order valence-corrected chi connectivity index (χ3v) is 8.71. The molecule has 9 heteroatoms. The van der Waals surface area contributed by atoms with Crippen LogP contribution in [0.4, 0.5) is 24.5 Å². The van der Waals surface area contributed by atoms with Crippen molar-refractivity contribution in [2.75, 3.05) is 0 Å². The zero-order valence-electron chi connectivity index (χ0n) is 32.2. The van der Waals surface area contributed by atoms with Crippen LogP contribution < -0.4 is 0 Å². The number of ketones is 2. The Hall–Kier alpha value is -4.79. The van der Waals surface area contributed by atoms with Crippen molar-refractivity contribution in [3.63, 3.8) is 0 Å². The molecule has 2 aliphatic rings. The van der Waals surface area contributed by atoms with Crippen LogP contribution in [0.1, 0.15) is 88.6 Å². The number of hydrogen-bond donors (Lipinski definition) is 0. The van der Waals surface area contributed by atoms with Crippen molar-refractivity contribution in [3.8, 4) is 11.1 Å². The smallest absolute Gasteiger partial charge is 0.289 e. The molecular formula is C43H49F3N4O2. The van der Waals surface area contributed by atoms with E-state index < -0.39 is 22.6 Å². The lowest BCUT2D eigenvalue weighted by Crippen LogP contribution is -2.27. The Balaban J connectivity index is 1.60. The highest BCUT2D eigenvalue weighted by atomic mass is 19.4.